The lowest BCUT2D eigenvalue weighted by molar-refractivity contribution is 0.370. The number of pyridine rings is 1. The van der Waals surface area contributed by atoms with Crippen molar-refractivity contribution in [1.29, 1.82) is 0 Å². The lowest BCUT2D eigenvalue weighted by Gasteiger charge is -2.04. The van der Waals surface area contributed by atoms with E-state index in [-0.39, 0.29) is 5.25 Å². The van der Waals surface area contributed by atoms with Crippen LogP contribution in [0.5, 0.6) is 0 Å². The zero-order valence-corrected chi connectivity index (χ0v) is 12.8. The van der Waals surface area contributed by atoms with Gasteiger partial charge in [0.25, 0.3) is 0 Å². The molecule has 2 aromatic heterocycles. The van der Waals surface area contributed by atoms with Gasteiger partial charge in [-0.1, -0.05) is 29.7 Å². The molecule has 2 heterocycles. The van der Waals surface area contributed by atoms with Gasteiger partial charge in [-0.2, -0.15) is 16.7 Å². The molecule has 4 nitrogen and oxygen atoms in total. The molecule has 19 heavy (non-hydrogen) atoms. The number of aromatic nitrogens is 3. The first kappa shape index (κ1) is 14.3. The van der Waals surface area contributed by atoms with Crippen molar-refractivity contribution in [3.05, 3.63) is 40.3 Å². The molecule has 0 radical (unpaired) electrons. The molecule has 1 unspecified atom stereocenters. The van der Waals surface area contributed by atoms with E-state index in [1.54, 1.807) is 11.8 Å². The van der Waals surface area contributed by atoms with Crippen LogP contribution in [0.25, 0.3) is 0 Å². The number of rotatable bonds is 5. The molecule has 1 atom stereocenters. The third-order valence-electron chi connectivity index (χ3n) is 2.83. The van der Waals surface area contributed by atoms with E-state index in [1.807, 2.05) is 25.3 Å². The summed E-state index contributed by atoms with van der Waals surface area (Å²) in [5.74, 6) is 1.33. The van der Waals surface area contributed by atoms with E-state index in [0.717, 1.165) is 17.7 Å². The highest BCUT2D eigenvalue weighted by Gasteiger charge is 2.16. The second-order valence-corrected chi connectivity index (χ2v) is 5.66. The van der Waals surface area contributed by atoms with E-state index in [2.05, 4.69) is 22.0 Å². The predicted molar refractivity (Wildman–Crippen MR) is 77.6 cm³/mol. The van der Waals surface area contributed by atoms with Crippen LogP contribution in [0.4, 0.5) is 0 Å². The molecule has 0 aromatic carbocycles. The summed E-state index contributed by atoms with van der Waals surface area (Å²) in [7, 11) is 0. The second-order valence-electron chi connectivity index (χ2n) is 4.26. The Balaban J connectivity index is 2.15. The zero-order valence-electron chi connectivity index (χ0n) is 11.2. The first-order valence-electron chi connectivity index (χ1n) is 6.11. The minimum absolute atomic E-state index is 0.257. The number of nitrogens with zero attached hydrogens (tertiary/aromatic N) is 3. The number of aryl methyl sites for hydroxylation is 1. The van der Waals surface area contributed by atoms with Gasteiger partial charge >= 0.3 is 0 Å². The molecular formula is C13H16ClN3OS. The van der Waals surface area contributed by atoms with Crippen molar-refractivity contribution >= 4 is 23.4 Å². The largest absolute Gasteiger partial charge is 0.338 e. The van der Waals surface area contributed by atoms with E-state index in [1.165, 1.54) is 0 Å². The van der Waals surface area contributed by atoms with Crippen molar-refractivity contribution in [1.82, 2.24) is 15.1 Å². The Kier molecular flexibility index (Phi) is 4.82. The van der Waals surface area contributed by atoms with E-state index in [0.29, 0.717) is 23.3 Å². The maximum Gasteiger partial charge on any atom is 0.239 e. The maximum atomic E-state index is 6.10. The fourth-order valence-electron chi connectivity index (χ4n) is 1.77. The smallest absolute Gasteiger partial charge is 0.239 e. The highest BCUT2D eigenvalue weighted by Crippen LogP contribution is 2.28. The number of hydrogen-bond donors (Lipinski definition) is 0. The molecule has 0 bridgehead atoms. The van der Waals surface area contributed by atoms with Gasteiger partial charge in [0.2, 0.25) is 5.89 Å². The average Bonchev–Trinajstić information content (AvgIpc) is 2.83. The third-order valence-corrected chi connectivity index (χ3v) is 4.26. The van der Waals surface area contributed by atoms with E-state index < -0.39 is 0 Å². The molecule has 2 aromatic rings. The highest BCUT2D eigenvalue weighted by atomic mass is 35.5. The Morgan fingerprint density at radius 1 is 1.37 bits per heavy atom. The monoisotopic (exact) mass is 297 g/mol. The normalized spacial score (nSPS) is 12.6. The van der Waals surface area contributed by atoms with Gasteiger partial charge in [0.1, 0.15) is 5.15 Å². The quantitative estimate of drug-likeness (QED) is 0.785. The Labute approximate surface area is 122 Å². The van der Waals surface area contributed by atoms with Crippen LogP contribution in [0.15, 0.2) is 16.7 Å². The molecule has 2 rings (SSSR count). The van der Waals surface area contributed by atoms with Gasteiger partial charge in [-0.15, -0.1) is 0 Å². The fraction of sp³-hybridized carbons (Fsp3) is 0.462. The molecule has 0 aliphatic rings. The van der Waals surface area contributed by atoms with E-state index in [4.69, 9.17) is 16.1 Å². The van der Waals surface area contributed by atoms with Crippen LogP contribution < -0.4 is 0 Å². The van der Waals surface area contributed by atoms with Crippen molar-refractivity contribution in [3.63, 3.8) is 0 Å². The average molecular weight is 298 g/mol. The van der Waals surface area contributed by atoms with Crippen molar-refractivity contribution in [2.45, 2.75) is 31.9 Å². The van der Waals surface area contributed by atoms with Crippen molar-refractivity contribution < 1.29 is 4.52 Å². The van der Waals surface area contributed by atoms with Crippen molar-refractivity contribution in [3.8, 4) is 0 Å². The summed E-state index contributed by atoms with van der Waals surface area (Å²) in [4.78, 5) is 8.65. The molecular weight excluding hydrogens is 282 g/mol. The van der Waals surface area contributed by atoms with Gasteiger partial charge in [-0.25, -0.2) is 4.98 Å². The molecule has 0 saturated carbocycles. The molecule has 0 fully saturated rings. The topological polar surface area (TPSA) is 51.8 Å². The van der Waals surface area contributed by atoms with Gasteiger partial charge in [0.15, 0.2) is 5.82 Å². The molecule has 0 N–H and O–H groups in total. The molecule has 0 spiro atoms. The van der Waals surface area contributed by atoms with Crippen LogP contribution >= 0.6 is 23.4 Å². The summed E-state index contributed by atoms with van der Waals surface area (Å²) in [5.41, 5.74) is 1.81. The number of thioether (sulfide) groups is 1. The SMILES string of the molecule is CCC(SC)c1nc(Cc2ccc(C)nc2Cl)no1. The summed E-state index contributed by atoms with van der Waals surface area (Å²) in [6.45, 7) is 4.01. The molecule has 0 saturated heterocycles. The van der Waals surface area contributed by atoms with Gasteiger partial charge < -0.3 is 4.52 Å². The first-order valence-corrected chi connectivity index (χ1v) is 7.78. The summed E-state index contributed by atoms with van der Waals surface area (Å²) in [5, 5.41) is 4.77. The van der Waals surface area contributed by atoms with Crippen LogP contribution in [-0.4, -0.2) is 21.4 Å². The Bertz CT molecular complexity index is 555. The van der Waals surface area contributed by atoms with E-state index >= 15 is 0 Å². The summed E-state index contributed by atoms with van der Waals surface area (Å²) in [6.07, 6.45) is 3.55. The van der Waals surface area contributed by atoms with Gasteiger partial charge in [-0.3, -0.25) is 0 Å². The Hall–Kier alpha value is -1.07. The zero-order chi connectivity index (χ0) is 13.8. The fourth-order valence-corrected chi connectivity index (χ4v) is 2.66. The van der Waals surface area contributed by atoms with Crippen LogP contribution in [0.2, 0.25) is 5.15 Å². The molecule has 0 aliphatic carbocycles. The standard InChI is InChI=1S/C13H16ClN3OS/c1-4-10(19-3)13-16-11(17-18-13)7-9-6-5-8(2)15-12(9)14/h5-6,10H,4,7H2,1-3H3. The van der Waals surface area contributed by atoms with Crippen LogP contribution in [0.1, 0.15) is 41.6 Å². The summed E-state index contributed by atoms with van der Waals surface area (Å²) >= 11 is 7.82. The van der Waals surface area contributed by atoms with E-state index in [9.17, 15) is 0 Å². The lowest BCUT2D eigenvalue weighted by Crippen LogP contribution is -1.96. The van der Waals surface area contributed by atoms with Crippen LogP contribution in [0.3, 0.4) is 0 Å². The maximum absolute atomic E-state index is 6.10. The van der Waals surface area contributed by atoms with Crippen LogP contribution in [-0.2, 0) is 6.42 Å². The first-order chi connectivity index (χ1) is 9.13. The lowest BCUT2D eigenvalue weighted by atomic mass is 10.2. The molecule has 0 aliphatic heterocycles. The molecule has 102 valence electrons. The minimum Gasteiger partial charge on any atom is -0.338 e. The van der Waals surface area contributed by atoms with Crippen molar-refractivity contribution in [2.24, 2.45) is 0 Å². The Morgan fingerprint density at radius 2 is 2.16 bits per heavy atom. The predicted octanol–water partition coefficient (Wildman–Crippen LogP) is 3.83. The second kappa shape index (κ2) is 6.39. The molecule has 6 heteroatoms. The van der Waals surface area contributed by atoms with Gasteiger partial charge in [0, 0.05) is 12.1 Å². The van der Waals surface area contributed by atoms with Crippen LogP contribution in [0, 0.1) is 6.92 Å². The minimum atomic E-state index is 0.257. The molecule has 0 amide bonds. The third kappa shape index (κ3) is 3.48. The Morgan fingerprint density at radius 3 is 2.79 bits per heavy atom. The summed E-state index contributed by atoms with van der Waals surface area (Å²) < 4.78 is 5.30. The highest BCUT2D eigenvalue weighted by molar-refractivity contribution is 7.98. The van der Waals surface area contributed by atoms with Crippen molar-refractivity contribution in [2.75, 3.05) is 6.26 Å². The van der Waals surface area contributed by atoms with Gasteiger partial charge in [0.05, 0.1) is 5.25 Å². The number of halogens is 1. The summed E-state index contributed by atoms with van der Waals surface area (Å²) in [6, 6.07) is 3.88. The van der Waals surface area contributed by atoms with Gasteiger partial charge in [-0.05, 0) is 31.2 Å². The number of hydrogen-bond acceptors (Lipinski definition) is 5.